The Morgan fingerprint density at radius 1 is 1.56 bits per heavy atom. The van der Waals surface area contributed by atoms with Crippen LogP contribution in [0.25, 0.3) is 0 Å². The lowest BCUT2D eigenvalue weighted by molar-refractivity contribution is 0.0935. The SMILES string of the molecule is C[C@@H](NC(=O)c1ccnc(CN)c1)c1ccco1. The van der Waals surface area contributed by atoms with Gasteiger partial charge in [0.1, 0.15) is 5.76 Å². The first kappa shape index (κ1) is 12.3. The summed E-state index contributed by atoms with van der Waals surface area (Å²) in [6, 6.07) is 6.77. The molecule has 1 amide bonds. The van der Waals surface area contributed by atoms with Crippen molar-refractivity contribution in [1.82, 2.24) is 10.3 Å². The molecule has 3 N–H and O–H groups in total. The summed E-state index contributed by atoms with van der Waals surface area (Å²) >= 11 is 0. The van der Waals surface area contributed by atoms with Crippen LogP contribution < -0.4 is 11.1 Å². The van der Waals surface area contributed by atoms with Crippen molar-refractivity contribution in [3.8, 4) is 0 Å². The number of furan rings is 1. The fourth-order valence-corrected chi connectivity index (χ4v) is 1.62. The maximum Gasteiger partial charge on any atom is 0.251 e. The van der Waals surface area contributed by atoms with Gasteiger partial charge >= 0.3 is 0 Å². The highest BCUT2D eigenvalue weighted by Crippen LogP contribution is 2.13. The normalized spacial score (nSPS) is 12.1. The van der Waals surface area contributed by atoms with Crippen LogP contribution in [0.2, 0.25) is 0 Å². The molecule has 94 valence electrons. The third-order valence-electron chi connectivity index (χ3n) is 2.61. The summed E-state index contributed by atoms with van der Waals surface area (Å²) in [6.45, 7) is 2.18. The van der Waals surface area contributed by atoms with Gasteiger partial charge in [-0.2, -0.15) is 0 Å². The number of pyridine rings is 1. The predicted molar refractivity (Wildman–Crippen MR) is 66.7 cm³/mol. The van der Waals surface area contributed by atoms with Crippen molar-refractivity contribution in [3.05, 3.63) is 53.7 Å². The maximum atomic E-state index is 12.0. The molecule has 18 heavy (non-hydrogen) atoms. The van der Waals surface area contributed by atoms with Crippen molar-refractivity contribution in [3.63, 3.8) is 0 Å². The lowest BCUT2D eigenvalue weighted by atomic mass is 10.2. The molecule has 5 nitrogen and oxygen atoms in total. The molecule has 2 aromatic rings. The zero-order valence-corrected chi connectivity index (χ0v) is 10.1. The molecule has 0 aliphatic heterocycles. The summed E-state index contributed by atoms with van der Waals surface area (Å²) < 4.78 is 5.23. The molecular formula is C13H15N3O2. The third kappa shape index (κ3) is 2.75. The maximum absolute atomic E-state index is 12.0. The first-order valence-electron chi connectivity index (χ1n) is 5.70. The van der Waals surface area contributed by atoms with E-state index in [1.807, 2.05) is 13.0 Å². The van der Waals surface area contributed by atoms with Gasteiger partial charge in [0.05, 0.1) is 18.0 Å². The summed E-state index contributed by atoms with van der Waals surface area (Å²) in [5.41, 5.74) is 6.72. The topological polar surface area (TPSA) is 81.2 Å². The minimum atomic E-state index is -0.179. The number of hydrogen-bond donors (Lipinski definition) is 2. The minimum Gasteiger partial charge on any atom is -0.467 e. The lowest BCUT2D eigenvalue weighted by Gasteiger charge is -2.11. The smallest absolute Gasteiger partial charge is 0.251 e. The Morgan fingerprint density at radius 2 is 2.39 bits per heavy atom. The van der Waals surface area contributed by atoms with E-state index >= 15 is 0 Å². The molecule has 2 rings (SSSR count). The van der Waals surface area contributed by atoms with E-state index in [1.165, 1.54) is 0 Å². The number of nitrogens with one attached hydrogen (secondary N) is 1. The molecule has 0 saturated carbocycles. The first-order chi connectivity index (χ1) is 8.70. The highest BCUT2D eigenvalue weighted by atomic mass is 16.3. The number of carbonyl (C=O) groups excluding carboxylic acids is 1. The Balaban J connectivity index is 2.07. The second-order valence-corrected chi connectivity index (χ2v) is 3.95. The number of hydrogen-bond acceptors (Lipinski definition) is 4. The van der Waals surface area contributed by atoms with Gasteiger partial charge in [0.2, 0.25) is 0 Å². The fourth-order valence-electron chi connectivity index (χ4n) is 1.62. The summed E-state index contributed by atoms with van der Waals surface area (Å²) in [7, 11) is 0. The lowest BCUT2D eigenvalue weighted by Crippen LogP contribution is -2.26. The van der Waals surface area contributed by atoms with E-state index in [1.54, 1.807) is 30.7 Å². The summed E-state index contributed by atoms with van der Waals surface area (Å²) in [5, 5.41) is 2.85. The van der Waals surface area contributed by atoms with Crippen molar-refractivity contribution in [2.24, 2.45) is 5.73 Å². The van der Waals surface area contributed by atoms with E-state index < -0.39 is 0 Å². The van der Waals surface area contributed by atoms with Gasteiger partial charge in [-0.15, -0.1) is 0 Å². The highest BCUT2D eigenvalue weighted by Gasteiger charge is 2.13. The van der Waals surface area contributed by atoms with Gasteiger partial charge in [-0.25, -0.2) is 0 Å². The van der Waals surface area contributed by atoms with Crippen LogP contribution in [-0.4, -0.2) is 10.9 Å². The number of rotatable bonds is 4. The minimum absolute atomic E-state index is 0.170. The Bertz CT molecular complexity index is 523. The Morgan fingerprint density at radius 3 is 3.06 bits per heavy atom. The van der Waals surface area contributed by atoms with Crippen LogP contribution >= 0.6 is 0 Å². The Labute approximate surface area is 105 Å². The van der Waals surface area contributed by atoms with Gasteiger partial charge in [-0.1, -0.05) is 0 Å². The van der Waals surface area contributed by atoms with Gasteiger partial charge in [0.15, 0.2) is 0 Å². The summed E-state index contributed by atoms with van der Waals surface area (Å²) in [4.78, 5) is 16.0. The van der Waals surface area contributed by atoms with Crippen molar-refractivity contribution < 1.29 is 9.21 Å². The predicted octanol–water partition coefficient (Wildman–Crippen LogP) is 1.62. The van der Waals surface area contributed by atoms with E-state index in [0.717, 1.165) is 5.76 Å². The zero-order chi connectivity index (χ0) is 13.0. The molecule has 2 heterocycles. The van der Waals surface area contributed by atoms with Crippen molar-refractivity contribution in [2.45, 2.75) is 19.5 Å². The first-order valence-corrected chi connectivity index (χ1v) is 5.70. The van der Waals surface area contributed by atoms with Crippen molar-refractivity contribution in [1.29, 1.82) is 0 Å². The number of aromatic nitrogens is 1. The second kappa shape index (κ2) is 5.46. The quantitative estimate of drug-likeness (QED) is 0.857. The standard InChI is InChI=1S/C13H15N3O2/c1-9(12-3-2-6-18-12)16-13(17)10-4-5-15-11(7-10)8-14/h2-7,9H,8,14H2,1H3,(H,16,17)/t9-/m1/s1. The monoisotopic (exact) mass is 245 g/mol. The summed E-state index contributed by atoms with van der Waals surface area (Å²) in [5.74, 6) is 0.549. The zero-order valence-electron chi connectivity index (χ0n) is 10.1. The third-order valence-corrected chi connectivity index (χ3v) is 2.61. The van der Waals surface area contributed by atoms with Crippen molar-refractivity contribution >= 4 is 5.91 Å². The number of nitrogens with two attached hydrogens (primary N) is 1. The van der Waals surface area contributed by atoms with E-state index in [4.69, 9.17) is 10.2 Å². The molecule has 1 atom stereocenters. The van der Waals surface area contributed by atoms with Crippen LogP contribution in [0.3, 0.4) is 0 Å². The molecule has 0 radical (unpaired) electrons. The highest BCUT2D eigenvalue weighted by molar-refractivity contribution is 5.94. The molecular weight excluding hydrogens is 230 g/mol. The molecule has 0 spiro atoms. The van der Waals surface area contributed by atoms with E-state index in [0.29, 0.717) is 17.8 Å². The molecule has 5 heteroatoms. The number of amides is 1. The van der Waals surface area contributed by atoms with Gasteiger partial charge in [0, 0.05) is 18.3 Å². The molecule has 2 aromatic heterocycles. The summed E-state index contributed by atoms with van der Waals surface area (Å²) in [6.07, 6.45) is 3.16. The molecule has 0 unspecified atom stereocenters. The van der Waals surface area contributed by atoms with Crippen LogP contribution in [0.4, 0.5) is 0 Å². The number of nitrogens with zero attached hydrogens (tertiary/aromatic N) is 1. The van der Waals surface area contributed by atoms with Gasteiger partial charge in [-0.3, -0.25) is 9.78 Å². The molecule has 0 saturated heterocycles. The molecule has 0 aliphatic rings. The molecule has 0 aliphatic carbocycles. The molecule has 0 fully saturated rings. The Kier molecular flexibility index (Phi) is 3.74. The van der Waals surface area contributed by atoms with Crippen LogP contribution in [-0.2, 0) is 6.54 Å². The molecule has 0 bridgehead atoms. The Hall–Kier alpha value is -2.14. The number of carbonyl (C=O) groups is 1. The largest absolute Gasteiger partial charge is 0.467 e. The van der Waals surface area contributed by atoms with Crippen LogP contribution in [0.15, 0.2) is 41.1 Å². The average molecular weight is 245 g/mol. The van der Waals surface area contributed by atoms with Crippen molar-refractivity contribution in [2.75, 3.05) is 0 Å². The average Bonchev–Trinajstić information content (AvgIpc) is 2.92. The fraction of sp³-hybridized carbons (Fsp3) is 0.231. The second-order valence-electron chi connectivity index (χ2n) is 3.95. The van der Waals surface area contributed by atoms with Gasteiger partial charge in [-0.05, 0) is 31.2 Å². The van der Waals surface area contributed by atoms with E-state index in [2.05, 4.69) is 10.3 Å². The van der Waals surface area contributed by atoms with E-state index in [9.17, 15) is 4.79 Å². The van der Waals surface area contributed by atoms with E-state index in [-0.39, 0.29) is 11.9 Å². The molecule has 0 aromatic carbocycles. The van der Waals surface area contributed by atoms with Crippen LogP contribution in [0.5, 0.6) is 0 Å². The van der Waals surface area contributed by atoms with Crippen LogP contribution in [0, 0.1) is 0 Å². The van der Waals surface area contributed by atoms with Gasteiger partial charge in [0.25, 0.3) is 5.91 Å². The van der Waals surface area contributed by atoms with Crippen LogP contribution in [0.1, 0.15) is 34.8 Å². The van der Waals surface area contributed by atoms with Gasteiger partial charge < -0.3 is 15.5 Å².